The van der Waals surface area contributed by atoms with Crippen molar-refractivity contribution in [2.24, 2.45) is 5.41 Å². The molecule has 1 aliphatic heterocycles. The van der Waals surface area contributed by atoms with E-state index in [9.17, 15) is 10.00 Å². The van der Waals surface area contributed by atoms with Gasteiger partial charge in [-0.15, -0.1) is 0 Å². The number of hydrogen-bond donors (Lipinski definition) is 3. The van der Waals surface area contributed by atoms with Crippen molar-refractivity contribution in [1.29, 1.82) is 0 Å². The Kier molecular flexibility index (Phi) is 6.30. The van der Waals surface area contributed by atoms with Gasteiger partial charge in [-0.1, -0.05) is 20.8 Å². The van der Waals surface area contributed by atoms with E-state index in [4.69, 9.17) is 31.3 Å². The van der Waals surface area contributed by atoms with Crippen molar-refractivity contribution >= 4 is 35.5 Å². The van der Waals surface area contributed by atoms with Crippen LogP contribution in [0.2, 0.25) is 0 Å². The second kappa shape index (κ2) is 8.05. The molecule has 0 bridgehead atoms. The van der Waals surface area contributed by atoms with E-state index < -0.39 is 36.9 Å². The lowest BCUT2D eigenvalue weighted by atomic mass is 9.87. The molecule has 3 rings (SSSR count). The number of anilines is 1. The molecule has 0 spiro atoms. The first-order valence-corrected chi connectivity index (χ1v) is 12.2. The summed E-state index contributed by atoms with van der Waals surface area (Å²) < 4.78 is 19.1. The van der Waals surface area contributed by atoms with Crippen molar-refractivity contribution in [1.82, 2.24) is 19.5 Å². The Bertz CT molecular complexity index is 957. The molecule has 3 heterocycles. The molecule has 0 aliphatic carbocycles. The summed E-state index contributed by atoms with van der Waals surface area (Å²) in [7, 11) is 0. The van der Waals surface area contributed by atoms with Gasteiger partial charge in [-0.2, -0.15) is 0 Å². The smallest absolute Gasteiger partial charge is 0.325 e. The minimum absolute atomic E-state index is 0.132. The number of nitrogen functional groups attached to an aromatic ring is 1. The van der Waals surface area contributed by atoms with Crippen LogP contribution in [-0.4, -0.2) is 53.4 Å². The molecule has 168 valence electrons. The summed E-state index contributed by atoms with van der Waals surface area (Å²) in [6, 6.07) is 0. The maximum Gasteiger partial charge on any atom is 0.325 e. The number of hydrogen-bond acceptors (Lipinski definition) is 9. The Labute approximate surface area is 181 Å². The van der Waals surface area contributed by atoms with E-state index in [2.05, 4.69) is 15.0 Å². The van der Waals surface area contributed by atoms with Gasteiger partial charge < -0.3 is 25.0 Å². The third kappa shape index (κ3) is 5.34. The monoisotopic (exact) mass is 459 g/mol. The number of aromatic nitrogens is 4. The van der Waals surface area contributed by atoms with Crippen LogP contribution in [0.1, 0.15) is 54.2 Å². The fourth-order valence-corrected chi connectivity index (χ4v) is 5.70. The number of rotatable bonds is 5. The van der Waals surface area contributed by atoms with Crippen LogP contribution in [-0.2, 0) is 25.6 Å². The molecule has 1 aliphatic rings. The van der Waals surface area contributed by atoms with Crippen LogP contribution in [0.3, 0.4) is 0 Å². The van der Waals surface area contributed by atoms with Crippen LogP contribution in [0.5, 0.6) is 0 Å². The molecule has 4 N–H and O–H groups in total. The lowest BCUT2D eigenvalue weighted by Gasteiger charge is -2.31. The standard InChI is InChI=1S/C18H30N5O5PS/c1-17(2,3)7-10-13(27-29(25,30)28-18(4,5)6)12(24)16(26-10)23-9-22-11-14(19)20-8-21-15(11)23/h8-10,12-13,16,24H,7H2,1-6H3,(H,25,30)(H2,19,20,21)/t10-,12?,13+,16-,29?/m1/s1. The van der Waals surface area contributed by atoms with Crippen molar-refractivity contribution < 1.29 is 23.8 Å². The van der Waals surface area contributed by atoms with Crippen molar-refractivity contribution in [3.8, 4) is 0 Å². The molecule has 0 aromatic carbocycles. The molecular formula is C18H30N5O5PS. The highest BCUT2D eigenvalue weighted by Crippen LogP contribution is 2.52. The van der Waals surface area contributed by atoms with Gasteiger partial charge in [-0.05, 0) is 44.4 Å². The predicted octanol–water partition coefficient (Wildman–Crippen LogP) is 2.52. The van der Waals surface area contributed by atoms with Gasteiger partial charge in [0.2, 0.25) is 0 Å². The van der Waals surface area contributed by atoms with Crippen LogP contribution in [0, 0.1) is 5.41 Å². The van der Waals surface area contributed by atoms with Gasteiger partial charge in [0.1, 0.15) is 24.1 Å². The molecule has 1 fully saturated rings. The number of aliphatic hydroxyl groups is 1. The molecule has 30 heavy (non-hydrogen) atoms. The van der Waals surface area contributed by atoms with Crippen molar-refractivity contribution in [2.45, 2.75) is 78.1 Å². The van der Waals surface area contributed by atoms with Gasteiger partial charge >= 0.3 is 6.72 Å². The first-order valence-electron chi connectivity index (χ1n) is 9.65. The van der Waals surface area contributed by atoms with E-state index in [-0.39, 0.29) is 11.2 Å². The lowest BCUT2D eigenvalue weighted by molar-refractivity contribution is -0.0457. The summed E-state index contributed by atoms with van der Waals surface area (Å²) in [5.74, 6) is 0.231. The van der Waals surface area contributed by atoms with E-state index in [1.54, 1.807) is 25.3 Å². The first kappa shape index (κ1) is 23.5. The molecule has 12 heteroatoms. The predicted molar refractivity (Wildman–Crippen MR) is 116 cm³/mol. The second-order valence-electron chi connectivity index (χ2n) is 9.65. The van der Waals surface area contributed by atoms with E-state index in [1.165, 1.54) is 12.7 Å². The number of fused-ring (bicyclic) bond motifs is 1. The van der Waals surface area contributed by atoms with Gasteiger partial charge in [-0.25, -0.2) is 15.0 Å². The summed E-state index contributed by atoms with van der Waals surface area (Å²) in [6.45, 7) is 7.82. The average Bonchev–Trinajstić information content (AvgIpc) is 3.08. The average molecular weight is 460 g/mol. The van der Waals surface area contributed by atoms with Crippen LogP contribution in [0.25, 0.3) is 11.2 Å². The Hall–Kier alpha value is -1.20. The minimum atomic E-state index is -3.64. The molecule has 5 atom stereocenters. The maximum atomic E-state index is 11.1. The Morgan fingerprint density at radius 3 is 2.50 bits per heavy atom. The number of imidazole rings is 1. The zero-order valence-electron chi connectivity index (χ0n) is 18.0. The van der Waals surface area contributed by atoms with Crippen molar-refractivity contribution in [3.05, 3.63) is 12.7 Å². The third-order valence-corrected chi connectivity index (χ3v) is 6.20. The summed E-state index contributed by atoms with van der Waals surface area (Å²) >= 11 is 5.21. The molecular weight excluding hydrogens is 429 g/mol. The zero-order valence-corrected chi connectivity index (χ0v) is 19.7. The van der Waals surface area contributed by atoms with Gasteiger partial charge in [0.15, 0.2) is 17.7 Å². The largest absolute Gasteiger partial charge is 0.386 e. The number of aliphatic hydroxyl groups excluding tert-OH is 1. The first-order chi connectivity index (χ1) is 13.7. The number of nitrogens with two attached hydrogens (primary N) is 1. The SMILES string of the molecule is CC(C)(C)C[C@H]1O[C@@H](n2cnc3c(N)ncnc32)C(O)[C@H]1OP(O)(=S)OC(C)(C)C. The topological polar surface area (TPSA) is 138 Å². The highest BCUT2D eigenvalue weighted by molar-refractivity contribution is 8.07. The van der Waals surface area contributed by atoms with Gasteiger partial charge in [0.05, 0.1) is 18.0 Å². The summed E-state index contributed by atoms with van der Waals surface area (Å²) in [4.78, 5) is 23.0. The van der Waals surface area contributed by atoms with Crippen LogP contribution < -0.4 is 5.73 Å². The van der Waals surface area contributed by atoms with Crippen LogP contribution in [0.4, 0.5) is 5.82 Å². The fraction of sp³-hybridized carbons (Fsp3) is 0.722. The fourth-order valence-electron chi connectivity index (χ4n) is 3.43. The summed E-state index contributed by atoms with van der Waals surface area (Å²) in [5.41, 5.74) is 5.87. The maximum absolute atomic E-state index is 11.1. The van der Waals surface area contributed by atoms with Crippen LogP contribution >= 0.6 is 6.72 Å². The summed E-state index contributed by atoms with van der Waals surface area (Å²) in [5, 5.41) is 11.1. The molecule has 0 saturated carbocycles. The molecule has 2 aromatic heterocycles. The zero-order chi connectivity index (χ0) is 22.5. The van der Waals surface area contributed by atoms with E-state index in [1.807, 2.05) is 20.8 Å². The summed E-state index contributed by atoms with van der Waals surface area (Å²) in [6.07, 6.45) is -0.0812. The number of ether oxygens (including phenoxy) is 1. The molecule has 0 amide bonds. The quantitative estimate of drug-likeness (QED) is 0.572. The van der Waals surface area contributed by atoms with E-state index in [0.717, 1.165) is 0 Å². The van der Waals surface area contributed by atoms with Crippen molar-refractivity contribution in [3.63, 3.8) is 0 Å². The second-order valence-corrected chi connectivity index (χ2v) is 12.4. The van der Waals surface area contributed by atoms with Crippen LogP contribution in [0.15, 0.2) is 12.7 Å². The molecule has 10 nitrogen and oxygen atoms in total. The van der Waals surface area contributed by atoms with Crippen molar-refractivity contribution in [2.75, 3.05) is 5.73 Å². The molecule has 0 radical (unpaired) electrons. The van der Waals surface area contributed by atoms with Gasteiger partial charge in [0.25, 0.3) is 0 Å². The molecule has 2 unspecified atom stereocenters. The van der Waals surface area contributed by atoms with E-state index in [0.29, 0.717) is 17.6 Å². The Morgan fingerprint density at radius 1 is 1.23 bits per heavy atom. The normalized spacial score (nSPS) is 27.5. The molecule has 2 aromatic rings. The third-order valence-electron chi connectivity index (χ3n) is 4.43. The minimum Gasteiger partial charge on any atom is -0.386 e. The Morgan fingerprint density at radius 2 is 1.90 bits per heavy atom. The number of nitrogens with zero attached hydrogens (tertiary/aromatic N) is 4. The highest BCUT2D eigenvalue weighted by Gasteiger charge is 2.49. The highest BCUT2D eigenvalue weighted by atomic mass is 32.5. The molecule has 1 saturated heterocycles. The Balaban J connectivity index is 1.94. The van der Waals surface area contributed by atoms with Gasteiger partial charge in [-0.3, -0.25) is 9.09 Å². The van der Waals surface area contributed by atoms with Gasteiger partial charge in [0, 0.05) is 0 Å². The lowest BCUT2D eigenvalue weighted by Crippen LogP contribution is -2.36. The van der Waals surface area contributed by atoms with E-state index >= 15 is 0 Å².